The number of carbonyl (C=O) groups is 1. The summed E-state index contributed by atoms with van der Waals surface area (Å²) in [7, 11) is 0. The van der Waals surface area contributed by atoms with E-state index in [0.717, 1.165) is 6.42 Å². The predicted molar refractivity (Wildman–Crippen MR) is 75.1 cm³/mol. The van der Waals surface area contributed by atoms with Crippen molar-refractivity contribution in [1.82, 2.24) is 4.90 Å². The lowest BCUT2D eigenvalue weighted by Crippen LogP contribution is -2.34. The van der Waals surface area contributed by atoms with Crippen molar-refractivity contribution in [1.29, 1.82) is 0 Å². The van der Waals surface area contributed by atoms with Gasteiger partial charge in [-0.05, 0) is 41.4 Å². The molecule has 0 aromatic heterocycles. The van der Waals surface area contributed by atoms with Gasteiger partial charge in [0, 0.05) is 24.7 Å². The zero-order valence-electron chi connectivity index (χ0n) is 10.4. The molecule has 0 radical (unpaired) electrons. The van der Waals surface area contributed by atoms with Crippen LogP contribution in [-0.4, -0.2) is 28.8 Å². The molecule has 1 aromatic rings. The fraction of sp³-hybridized carbons (Fsp3) is 0.308. The second kappa shape index (κ2) is 5.52. The van der Waals surface area contributed by atoms with Gasteiger partial charge in [0.2, 0.25) is 0 Å². The number of nitro groups is 1. The zero-order valence-corrected chi connectivity index (χ0v) is 12.0. The maximum Gasteiger partial charge on any atom is 0.284 e. The van der Waals surface area contributed by atoms with E-state index in [-0.39, 0.29) is 11.6 Å². The summed E-state index contributed by atoms with van der Waals surface area (Å²) in [5, 5.41) is 10.9. The summed E-state index contributed by atoms with van der Waals surface area (Å²) in [4.78, 5) is 24.3. The van der Waals surface area contributed by atoms with Crippen molar-refractivity contribution in [3.8, 4) is 0 Å². The number of hydrogen-bond donors (Lipinski definition) is 0. The molecule has 0 spiro atoms. The Hall–Kier alpha value is -1.69. The van der Waals surface area contributed by atoms with Crippen molar-refractivity contribution >= 4 is 27.5 Å². The van der Waals surface area contributed by atoms with Gasteiger partial charge in [-0.2, -0.15) is 0 Å². The topological polar surface area (TPSA) is 63.5 Å². The molecule has 1 heterocycles. The Morgan fingerprint density at radius 1 is 1.47 bits per heavy atom. The summed E-state index contributed by atoms with van der Waals surface area (Å²) in [6.45, 7) is 3.26. The van der Waals surface area contributed by atoms with Gasteiger partial charge in [0.25, 0.3) is 11.6 Å². The van der Waals surface area contributed by atoms with Crippen LogP contribution in [0.2, 0.25) is 0 Å². The van der Waals surface area contributed by atoms with E-state index in [1.807, 2.05) is 13.0 Å². The van der Waals surface area contributed by atoms with Crippen molar-refractivity contribution in [2.75, 3.05) is 13.1 Å². The van der Waals surface area contributed by atoms with Gasteiger partial charge in [0.1, 0.15) is 0 Å². The predicted octanol–water partition coefficient (Wildman–Crippen LogP) is 3.15. The zero-order chi connectivity index (χ0) is 14.0. The van der Waals surface area contributed by atoms with Crippen molar-refractivity contribution in [3.63, 3.8) is 0 Å². The minimum Gasteiger partial charge on any atom is -0.335 e. The Labute approximate surface area is 119 Å². The lowest BCUT2D eigenvalue weighted by molar-refractivity contribution is -0.385. The lowest BCUT2D eigenvalue weighted by atomic mass is 10.1. The summed E-state index contributed by atoms with van der Waals surface area (Å²) in [5.41, 5.74) is 1.53. The van der Waals surface area contributed by atoms with Crippen LogP contribution in [0, 0.1) is 10.1 Å². The first-order chi connectivity index (χ1) is 8.99. The number of nitro benzene ring substituents is 1. The van der Waals surface area contributed by atoms with Crippen LogP contribution in [0.25, 0.3) is 0 Å². The maximum absolute atomic E-state index is 12.3. The molecule has 5 nitrogen and oxygen atoms in total. The number of benzene rings is 1. The summed E-state index contributed by atoms with van der Waals surface area (Å²) < 4.78 is 0.378. The van der Waals surface area contributed by atoms with Gasteiger partial charge in [-0.3, -0.25) is 14.9 Å². The van der Waals surface area contributed by atoms with Gasteiger partial charge >= 0.3 is 0 Å². The number of nitrogens with zero attached hydrogens (tertiary/aromatic N) is 2. The molecule has 0 saturated heterocycles. The number of halogens is 1. The molecule has 0 bridgehead atoms. The van der Waals surface area contributed by atoms with Gasteiger partial charge in [-0.1, -0.05) is 11.6 Å². The van der Waals surface area contributed by atoms with Crippen LogP contribution in [0.4, 0.5) is 5.69 Å². The molecule has 0 aliphatic carbocycles. The Kier molecular flexibility index (Phi) is 3.99. The van der Waals surface area contributed by atoms with E-state index in [1.165, 1.54) is 17.7 Å². The Bertz CT molecular complexity index is 569. The van der Waals surface area contributed by atoms with Crippen LogP contribution in [0.15, 0.2) is 34.3 Å². The Morgan fingerprint density at radius 2 is 2.21 bits per heavy atom. The molecule has 0 fully saturated rings. The Morgan fingerprint density at radius 3 is 2.79 bits per heavy atom. The fourth-order valence-electron chi connectivity index (χ4n) is 1.92. The van der Waals surface area contributed by atoms with Crippen molar-refractivity contribution in [3.05, 3.63) is 50.0 Å². The molecule has 2 rings (SSSR count). The Balaban J connectivity index is 2.25. The molecule has 0 atom stereocenters. The molecule has 19 heavy (non-hydrogen) atoms. The molecule has 1 aliphatic heterocycles. The standard InChI is InChI=1S/C13H13BrN2O3/c1-9-4-6-15(7-5-9)13(17)10-2-3-11(14)12(8-10)16(18)19/h2-4,8H,5-7H2,1H3. The molecular weight excluding hydrogens is 312 g/mol. The molecular formula is C13H13BrN2O3. The highest BCUT2D eigenvalue weighted by Crippen LogP contribution is 2.26. The van der Waals surface area contributed by atoms with Crippen LogP contribution < -0.4 is 0 Å². The van der Waals surface area contributed by atoms with Crippen LogP contribution in [-0.2, 0) is 0 Å². The van der Waals surface area contributed by atoms with E-state index >= 15 is 0 Å². The van der Waals surface area contributed by atoms with E-state index in [0.29, 0.717) is 23.1 Å². The van der Waals surface area contributed by atoms with Crippen molar-refractivity contribution in [2.24, 2.45) is 0 Å². The average Bonchev–Trinajstić information content (AvgIpc) is 2.39. The second-order valence-corrected chi connectivity index (χ2v) is 5.33. The van der Waals surface area contributed by atoms with E-state index in [4.69, 9.17) is 0 Å². The monoisotopic (exact) mass is 324 g/mol. The van der Waals surface area contributed by atoms with Crippen molar-refractivity contribution < 1.29 is 9.72 Å². The minimum atomic E-state index is -0.499. The lowest BCUT2D eigenvalue weighted by Gasteiger charge is -2.25. The molecule has 0 unspecified atom stereocenters. The summed E-state index contributed by atoms with van der Waals surface area (Å²) in [6, 6.07) is 4.46. The SMILES string of the molecule is CC1=CCN(C(=O)c2ccc(Br)c([N+](=O)[O-])c2)CC1. The fourth-order valence-corrected chi connectivity index (χ4v) is 2.31. The van der Waals surface area contributed by atoms with Gasteiger partial charge in [-0.15, -0.1) is 0 Å². The molecule has 0 saturated carbocycles. The van der Waals surface area contributed by atoms with Gasteiger partial charge < -0.3 is 4.90 Å². The number of rotatable bonds is 2. The molecule has 1 aromatic carbocycles. The van der Waals surface area contributed by atoms with Crippen LogP contribution in [0.5, 0.6) is 0 Å². The van der Waals surface area contributed by atoms with E-state index in [9.17, 15) is 14.9 Å². The van der Waals surface area contributed by atoms with Crippen molar-refractivity contribution in [2.45, 2.75) is 13.3 Å². The molecule has 1 aliphatic rings. The third-order valence-corrected chi connectivity index (χ3v) is 3.78. The number of amides is 1. The first kappa shape index (κ1) is 13.7. The molecule has 6 heteroatoms. The largest absolute Gasteiger partial charge is 0.335 e. The number of hydrogen-bond acceptors (Lipinski definition) is 3. The normalized spacial score (nSPS) is 15.1. The summed E-state index contributed by atoms with van der Waals surface area (Å²) >= 11 is 3.11. The molecule has 1 amide bonds. The summed E-state index contributed by atoms with van der Waals surface area (Å²) in [6.07, 6.45) is 2.86. The van der Waals surface area contributed by atoms with E-state index in [2.05, 4.69) is 15.9 Å². The average molecular weight is 325 g/mol. The van der Waals surface area contributed by atoms with Gasteiger partial charge in [-0.25, -0.2) is 0 Å². The maximum atomic E-state index is 12.3. The quantitative estimate of drug-likeness (QED) is 0.477. The highest BCUT2D eigenvalue weighted by atomic mass is 79.9. The van der Waals surface area contributed by atoms with Crippen LogP contribution in [0.1, 0.15) is 23.7 Å². The molecule has 0 N–H and O–H groups in total. The molecule has 100 valence electrons. The second-order valence-electron chi connectivity index (χ2n) is 4.47. The van der Waals surface area contributed by atoms with Gasteiger partial charge in [0.05, 0.1) is 9.40 Å². The first-order valence-corrected chi connectivity index (χ1v) is 6.67. The summed E-state index contributed by atoms with van der Waals surface area (Å²) in [5.74, 6) is -0.167. The minimum absolute atomic E-state index is 0.0883. The smallest absolute Gasteiger partial charge is 0.284 e. The first-order valence-electron chi connectivity index (χ1n) is 5.88. The number of carbonyl (C=O) groups excluding carboxylic acids is 1. The highest BCUT2D eigenvalue weighted by Gasteiger charge is 2.21. The van der Waals surface area contributed by atoms with Gasteiger partial charge in [0.15, 0.2) is 0 Å². The third-order valence-electron chi connectivity index (χ3n) is 3.11. The van der Waals surface area contributed by atoms with Crippen LogP contribution in [0.3, 0.4) is 0 Å². The van der Waals surface area contributed by atoms with E-state index in [1.54, 1.807) is 11.0 Å². The van der Waals surface area contributed by atoms with Crippen LogP contribution >= 0.6 is 15.9 Å². The van der Waals surface area contributed by atoms with E-state index < -0.39 is 4.92 Å². The highest BCUT2D eigenvalue weighted by molar-refractivity contribution is 9.10. The third kappa shape index (κ3) is 3.01.